The van der Waals surface area contributed by atoms with E-state index in [0.29, 0.717) is 12.8 Å². The molecule has 0 heterocycles. The summed E-state index contributed by atoms with van der Waals surface area (Å²) in [5.41, 5.74) is 0. The second-order valence-electron chi connectivity index (χ2n) is 13.4. The van der Waals surface area contributed by atoms with Gasteiger partial charge in [0, 0.05) is 19.3 Å². The van der Waals surface area contributed by atoms with Gasteiger partial charge in [0.15, 0.2) is 6.10 Å². The van der Waals surface area contributed by atoms with E-state index in [1.54, 1.807) is 21.1 Å². The van der Waals surface area contributed by atoms with E-state index in [0.717, 1.165) is 44.9 Å². The number of quaternary nitrogens is 1. The molecule has 2 atom stereocenters. The molecule has 0 amide bonds. The summed E-state index contributed by atoms with van der Waals surface area (Å²) in [5, 5.41) is 11.5. The van der Waals surface area contributed by atoms with Crippen LogP contribution in [0.2, 0.25) is 0 Å². The molecule has 0 aliphatic carbocycles. The summed E-state index contributed by atoms with van der Waals surface area (Å²) in [5.74, 6) is -1.80. The highest BCUT2D eigenvalue weighted by Gasteiger charge is 2.25. The first-order chi connectivity index (χ1) is 22.1. The van der Waals surface area contributed by atoms with Crippen LogP contribution in [0.4, 0.5) is 0 Å². The summed E-state index contributed by atoms with van der Waals surface area (Å²) in [7, 11) is 5.38. The lowest BCUT2D eigenvalue weighted by Crippen LogP contribution is -2.55. The van der Waals surface area contributed by atoms with Gasteiger partial charge in [0.25, 0.3) is 0 Å². The van der Waals surface area contributed by atoms with Gasteiger partial charge in [0.05, 0.1) is 40.3 Å². The Morgan fingerprint density at radius 1 is 0.630 bits per heavy atom. The van der Waals surface area contributed by atoms with Crippen molar-refractivity contribution in [2.24, 2.45) is 0 Å². The predicted octanol–water partition coefficient (Wildman–Crippen LogP) is 7.63. The molecule has 0 saturated heterocycles. The molecule has 0 bridgehead atoms. The topological polar surface area (TPSA) is 102 Å². The van der Waals surface area contributed by atoms with Crippen LogP contribution in [-0.2, 0) is 28.6 Å². The first kappa shape index (κ1) is 43.8. The van der Waals surface area contributed by atoms with Crippen LogP contribution in [0, 0.1) is 0 Å². The third kappa shape index (κ3) is 28.1. The van der Waals surface area contributed by atoms with Gasteiger partial charge in [0.1, 0.15) is 12.6 Å². The highest BCUT2D eigenvalue weighted by Crippen LogP contribution is 2.11. The minimum Gasteiger partial charge on any atom is -0.544 e. The van der Waals surface area contributed by atoms with E-state index in [1.165, 1.54) is 64.2 Å². The SMILES string of the molecule is CCCCCC/C=C/CCCC(=O)OC(COCCC(C(=O)[O-])[N+](C)(C)C)COC(=O)CCCCC/C=C/CCCCCCCC. The summed E-state index contributed by atoms with van der Waals surface area (Å²) in [6.07, 6.45) is 29.3. The van der Waals surface area contributed by atoms with Crippen molar-refractivity contribution in [1.29, 1.82) is 0 Å². The fourth-order valence-electron chi connectivity index (χ4n) is 5.13. The van der Waals surface area contributed by atoms with Crippen molar-refractivity contribution in [3.05, 3.63) is 24.3 Å². The maximum Gasteiger partial charge on any atom is 0.306 e. The Hall–Kier alpha value is -2.19. The number of carboxylic acid groups (broad SMARTS) is 1. The van der Waals surface area contributed by atoms with Crippen LogP contribution >= 0.6 is 0 Å². The van der Waals surface area contributed by atoms with Crippen LogP contribution in [0.1, 0.15) is 149 Å². The van der Waals surface area contributed by atoms with Crippen LogP contribution in [0.25, 0.3) is 0 Å². The fourth-order valence-corrected chi connectivity index (χ4v) is 5.13. The highest BCUT2D eigenvalue weighted by atomic mass is 16.6. The van der Waals surface area contributed by atoms with Gasteiger partial charge in [-0.1, -0.05) is 95.9 Å². The molecule has 2 unspecified atom stereocenters. The summed E-state index contributed by atoms with van der Waals surface area (Å²) >= 11 is 0. The number of unbranched alkanes of at least 4 members (excludes halogenated alkanes) is 14. The van der Waals surface area contributed by atoms with Gasteiger partial charge < -0.3 is 28.6 Å². The van der Waals surface area contributed by atoms with Crippen molar-refractivity contribution < 1.29 is 38.2 Å². The Kier molecular flexibility index (Phi) is 28.7. The van der Waals surface area contributed by atoms with Crippen molar-refractivity contribution in [2.45, 2.75) is 161 Å². The summed E-state index contributed by atoms with van der Waals surface area (Å²) in [6, 6.07) is -0.727. The molecule has 268 valence electrons. The number of carbonyl (C=O) groups excluding carboxylic acids is 3. The first-order valence-corrected chi connectivity index (χ1v) is 18.4. The van der Waals surface area contributed by atoms with E-state index in [9.17, 15) is 19.5 Å². The van der Waals surface area contributed by atoms with Crippen molar-refractivity contribution in [3.8, 4) is 0 Å². The van der Waals surface area contributed by atoms with Gasteiger partial charge in [-0.05, 0) is 57.8 Å². The van der Waals surface area contributed by atoms with E-state index in [4.69, 9.17) is 14.2 Å². The number of carboxylic acids is 1. The molecule has 8 heteroatoms. The number of ether oxygens (including phenoxy) is 3. The lowest BCUT2D eigenvalue weighted by molar-refractivity contribution is -0.889. The fraction of sp³-hybridized carbons (Fsp3) is 0.816. The first-order valence-electron chi connectivity index (χ1n) is 18.4. The second-order valence-corrected chi connectivity index (χ2v) is 13.4. The Bertz CT molecular complexity index is 818. The van der Waals surface area contributed by atoms with E-state index in [2.05, 4.69) is 38.2 Å². The quantitative estimate of drug-likeness (QED) is 0.0319. The third-order valence-corrected chi connectivity index (χ3v) is 8.06. The van der Waals surface area contributed by atoms with E-state index >= 15 is 0 Å². The number of esters is 2. The minimum absolute atomic E-state index is 0.0265. The van der Waals surface area contributed by atoms with Gasteiger partial charge in [-0.3, -0.25) is 9.59 Å². The number of carbonyl (C=O) groups is 3. The Labute approximate surface area is 281 Å². The number of allylic oxidation sites excluding steroid dienone is 4. The molecule has 0 saturated carbocycles. The molecule has 0 aromatic heterocycles. The largest absolute Gasteiger partial charge is 0.544 e. The predicted molar refractivity (Wildman–Crippen MR) is 185 cm³/mol. The van der Waals surface area contributed by atoms with Crippen LogP contribution in [0.3, 0.4) is 0 Å². The molecule has 8 nitrogen and oxygen atoms in total. The molecular formula is C38H69NO7. The molecule has 0 aromatic carbocycles. The molecule has 0 aliphatic heterocycles. The van der Waals surface area contributed by atoms with Crippen molar-refractivity contribution in [1.82, 2.24) is 0 Å². The molecule has 0 rings (SSSR count). The number of nitrogens with zero attached hydrogens (tertiary/aromatic N) is 1. The standard InChI is InChI=1S/C38H69NO7/c1-6-8-10-12-14-16-17-18-19-21-22-24-26-28-36(40)45-33-34(32-44-31-30-35(38(42)43)39(3,4)5)46-37(41)29-27-25-23-20-15-13-11-9-7-2/h18-20,23,34-35H,6-17,21-22,24-33H2,1-5H3/b19-18+,23-20+. The molecule has 0 aliphatic rings. The summed E-state index contributed by atoms with van der Waals surface area (Å²) in [6.45, 7) is 4.55. The number of likely N-dealkylation sites (N-methyl/N-ethyl adjacent to an activating group) is 1. The lowest BCUT2D eigenvalue weighted by Gasteiger charge is -2.34. The zero-order chi connectivity index (χ0) is 34.3. The van der Waals surface area contributed by atoms with E-state index < -0.39 is 18.1 Å². The molecule has 46 heavy (non-hydrogen) atoms. The van der Waals surface area contributed by atoms with Crippen LogP contribution < -0.4 is 5.11 Å². The van der Waals surface area contributed by atoms with E-state index in [-0.39, 0.29) is 49.1 Å². The third-order valence-electron chi connectivity index (χ3n) is 8.06. The minimum atomic E-state index is -1.13. The van der Waals surface area contributed by atoms with Crippen molar-refractivity contribution in [2.75, 3.05) is 41.0 Å². The van der Waals surface area contributed by atoms with Gasteiger partial charge in [0.2, 0.25) is 0 Å². The molecule has 0 spiro atoms. The average Bonchev–Trinajstić information content (AvgIpc) is 3.00. The average molecular weight is 652 g/mol. The zero-order valence-electron chi connectivity index (χ0n) is 30.2. The van der Waals surface area contributed by atoms with Gasteiger partial charge in [-0.25, -0.2) is 0 Å². The molecule has 0 fully saturated rings. The monoisotopic (exact) mass is 652 g/mol. The lowest BCUT2D eigenvalue weighted by atomic mass is 10.1. The Morgan fingerprint density at radius 3 is 1.65 bits per heavy atom. The molecular weight excluding hydrogens is 582 g/mol. The molecule has 0 aromatic rings. The normalized spacial score (nSPS) is 13.3. The van der Waals surface area contributed by atoms with Gasteiger partial charge in [-0.2, -0.15) is 0 Å². The van der Waals surface area contributed by atoms with Gasteiger partial charge >= 0.3 is 11.9 Å². The smallest absolute Gasteiger partial charge is 0.306 e. The highest BCUT2D eigenvalue weighted by molar-refractivity contribution is 5.70. The maximum absolute atomic E-state index is 12.5. The second kappa shape index (κ2) is 30.2. The van der Waals surface area contributed by atoms with Gasteiger partial charge in [-0.15, -0.1) is 0 Å². The summed E-state index contributed by atoms with van der Waals surface area (Å²) in [4.78, 5) is 36.5. The molecule has 0 N–H and O–H groups in total. The number of aliphatic carboxylic acids is 1. The van der Waals surface area contributed by atoms with E-state index in [1.807, 2.05) is 0 Å². The van der Waals surface area contributed by atoms with Crippen molar-refractivity contribution in [3.63, 3.8) is 0 Å². The number of rotatable bonds is 32. The Balaban J connectivity index is 4.48. The van der Waals surface area contributed by atoms with Crippen LogP contribution in [0.5, 0.6) is 0 Å². The number of hydrogen-bond acceptors (Lipinski definition) is 7. The van der Waals surface area contributed by atoms with Crippen LogP contribution in [-0.4, -0.2) is 75.5 Å². The van der Waals surface area contributed by atoms with Crippen molar-refractivity contribution >= 4 is 17.9 Å². The maximum atomic E-state index is 12.5. The zero-order valence-corrected chi connectivity index (χ0v) is 30.2. The molecule has 0 radical (unpaired) electrons. The summed E-state index contributed by atoms with van der Waals surface area (Å²) < 4.78 is 17.0. The Morgan fingerprint density at radius 2 is 1.11 bits per heavy atom. The number of hydrogen-bond donors (Lipinski definition) is 0. The van der Waals surface area contributed by atoms with Crippen LogP contribution in [0.15, 0.2) is 24.3 Å².